The van der Waals surface area contributed by atoms with Gasteiger partial charge in [0.25, 0.3) is 5.91 Å². The van der Waals surface area contributed by atoms with Crippen LogP contribution >= 0.6 is 0 Å². The number of amides is 1. The lowest BCUT2D eigenvalue weighted by Crippen LogP contribution is -3.14. The van der Waals surface area contributed by atoms with E-state index in [1.54, 1.807) is 11.2 Å². The van der Waals surface area contributed by atoms with Crippen LogP contribution in [0.2, 0.25) is 0 Å². The van der Waals surface area contributed by atoms with Gasteiger partial charge >= 0.3 is 0 Å². The Morgan fingerprint density at radius 1 is 1.31 bits per heavy atom. The standard InChI is InChI=1S/C21H23N3O2/c1-2-24-11-5-7-15(24)14-22-21(25)17-13-19(20-10-6-12-26-20)23-18-9-4-3-8-16(17)18/h3-4,6,8-10,12-13,15H,2,5,7,11,14H2,1H3,(H,22,25)/p+1/t15-/m0/s1. The van der Waals surface area contributed by atoms with Crippen molar-refractivity contribution in [2.45, 2.75) is 25.8 Å². The van der Waals surface area contributed by atoms with Gasteiger partial charge in [-0.2, -0.15) is 0 Å². The van der Waals surface area contributed by atoms with Crippen LogP contribution in [0.15, 0.2) is 53.1 Å². The molecule has 2 atom stereocenters. The summed E-state index contributed by atoms with van der Waals surface area (Å²) in [6.07, 6.45) is 4.04. The van der Waals surface area contributed by atoms with E-state index >= 15 is 0 Å². The van der Waals surface area contributed by atoms with E-state index in [2.05, 4.69) is 17.2 Å². The lowest BCUT2D eigenvalue weighted by Gasteiger charge is -2.20. The molecule has 1 aliphatic heterocycles. The molecule has 0 aliphatic carbocycles. The van der Waals surface area contributed by atoms with Gasteiger partial charge < -0.3 is 14.6 Å². The number of benzene rings is 1. The fourth-order valence-electron chi connectivity index (χ4n) is 3.92. The number of rotatable bonds is 5. The topological polar surface area (TPSA) is 59.6 Å². The second kappa shape index (κ2) is 7.30. The number of hydrogen-bond acceptors (Lipinski definition) is 3. The van der Waals surface area contributed by atoms with Gasteiger partial charge in [0.2, 0.25) is 0 Å². The summed E-state index contributed by atoms with van der Waals surface area (Å²) < 4.78 is 5.48. The minimum Gasteiger partial charge on any atom is -0.463 e. The van der Waals surface area contributed by atoms with Crippen molar-refractivity contribution < 1.29 is 14.1 Å². The van der Waals surface area contributed by atoms with Crippen LogP contribution in [-0.2, 0) is 0 Å². The zero-order valence-corrected chi connectivity index (χ0v) is 15.0. The number of pyridine rings is 1. The van der Waals surface area contributed by atoms with E-state index in [9.17, 15) is 4.79 Å². The van der Waals surface area contributed by atoms with Crippen molar-refractivity contribution in [2.75, 3.05) is 19.6 Å². The van der Waals surface area contributed by atoms with Crippen LogP contribution in [0.1, 0.15) is 30.1 Å². The van der Waals surface area contributed by atoms with Crippen LogP contribution in [0.5, 0.6) is 0 Å². The SMILES string of the molecule is CC[NH+]1CCC[C@H]1CNC(=O)c1cc(-c2ccco2)nc2ccccc12. The smallest absolute Gasteiger partial charge is 0.252 e. The van der Waals surface area contributed by atoms with Crippen molar-refractivity contribution in [2.24, 2.45) is 0 Å². The summed E-state index contributed by atoms with van der Waals surface area (Å²) in [7, 11) is 0. The predicted molar refractivity (Wildman–Crippen MR) is 101 cm³/mol. The first-order chi connectivity index (χ1) is 12.8. The Morgan fingerprint density at radius 3 is 3.00 bits per heavy atom. The summed E-state index contributed by atoms with van der Waals surface area (Å²) in [6.45, 7) is 5.25. The molecule has 1 amide bonds. The van der Waals surface area contributed by atoms with Crippen molar-refractivity contribution in [3.63, 3.8) is 0 Å². The Balaban J connectivity index is 1.63. The zero-order chi connectivity index (χ0) is 17.9. The van der Waals surface area contributed by atoms with Gasteiger partial charge in [0.1, 0.15) is 11.7 Å². The van der Waals surface area contributed by atoms with E-state index in [0.29, 0.717) is 23.1 Å². The molecule has 0 radical (unpaired) electrons. The van der Waals surface area contributed by atoms with Gasteiger partial charge in [0.15, 0.2) is 5.76 Å². The monoisotopic (exact) mass is 350 g/mol. The number of para-hydroxylation sites is 1. The highest BCUT2D eigenvalue weighted by atomic mass is 16.3. The maximum Gasteiger partial charge on any atom is 0.252 e. The molecule has 5 heteroatoms. The molecule has 2 aromatic heterocycles. The Labute approximate surface area is 153 Å². The maximum atomic E-state index is 13.0. The fourth-order valence-corrected chi connectivity index (χ4v) is 3.92. The van der Waals surface area contributed by atoms with Gasteiger partial charge in [0, 0.05) is 18.2 Å². The molecule has 1 saturated heterocycles. The van der Waals surface area contributed by atoms with E-state index in [1.807, 2.05) is 42.5 Å². The number of hydrogen-bond donors (Lipinski definition) is 2. The van der Waals surface area contributed by atoms with E-state index in [1.165, 1.54) is 19.4 Å². The molecule has 1 aliphatic rings. The lowest BCUT2D eigenvalue weighted by atomic mass is 10.1. The minimum atomic E-state index is -0.0428. The van der Waals surface area contributed by atoms with Crippen molar-refractivity contribution in [3.05, 3.63) is 54.3 Å². The molecule has 3 aromatic rings. The molecule has 4 rings (SSSR count). The number of nitrogens with one attached hydrogen (secondary N) is 2. The van der Waals surface area contributed by atoms with Crippen molar-refractivity contribution in [1.29, 1.82) is 0 Å². The van der Waals surface area contributed by atoms with E-state index in [4.69, 9.17) is 4.42 Å². The number of carbonyl (C=O) groups excluding carboxylic acids is 1. The second-order valence-corrected chi connectivity index (χ2v) is 6.86. The largest absolute Gasteiger partial charge is 0.463 e. The number of likely N-dealkylation sites (N-methyl/N-ethyl adjacent to an activating group) is 1. The average molecular weight is 350 g/mol. The minimum absolute atomic E-state index is 0.0428. The number of quaternary nitrogens is 1. The molecular weight excluding hydrogens is 326 g/mol. The number of furan rings is 1. The molecule has 134 valence electrons. The highest BCUT2D eigenvalue weighted by Crippen LogP contribution is 2.25. The Bertz CT molecular complexity index is 905. The third-order valence-corrected chi connectivity index (χ3v) is 5.33. The third kappa shape index (κ3) is 3.22. The maximum absolute atomic E-state index is 13.0. The highest BCUT2D eigenvalue weighted by Gasteiger charge is 2.27. The Kier molecular flexibility index (Phi) is 4.71. The van der Waals surface area contributed by atoms with Crippen LogP contribution in [0.4, 0.5) is 0 Å². The lowest BCUT2D eigenvalue weighted by molar-refractivity contribution is -0.909. The van der Waals surface area contributed by atoms with Crippen LogP contribution in [0.3, 0.4) is 0 Å². The Hall–Kier alpha value is -2.66. The van der Waals surface area contributed by atoms with Crippen molar-refractivity contribution in [1.82, 2.24) is 10.3 Å². The summed E-state index contributed by atoms with van der Waals surface area (Å²) >= 11 is 0. The van der Waals surface area contributed by atoms with Crippen molar-refractivity contribution >= 4 is 16.8 Å². The molecule has 1 aromatic carbocycles. The van der Waals surface area contributed by atoms with Gasteiger partial charge in [0.05, 0.1) is 37.0 Å². The fraction of sp³-hybridized carbons (Fsp3) is 0.333. The number of aromatic nitrogens is 1. The molecular formula is C21H24N3O2+. The van der Waals surface area contributed by atoms with Gasteiger partial charge in [-0.05, 0) is 31.2 Å². The molecule has 1 unspecified atom stereocenters. The molecule has 3 heterocycles. The van der Waals surface area contributed by atoms with E-state index in [0.717, 1.165) is 24.0 Å². The van der Waals surface area contributed by atoms with Gasteiger partial charge in [-0.1, -0.05) is 18.2 Å². The summed E-state index contributed by atoms with van der Waals surface area (Å²) in [5.41, 5.74) is 2.13. The summed E-state index contributed by atoms with van der Waals surface area (Å²) in [5.74, 6) is 0.626. The summed E-state index contributed by atoms with van der Waals surface area (Å²) in [5, 5.41) is 4.02. The van der Waals surface area contributed by atoms with Gasteiger partial charge in [-0.15, -0.1) is 0 Å². The molecule has 0 saturated carbocycles. The molecule has 2 N–H and O–H groups in total. The second-order valence-electron chi connectivity index (χ2n) is 6.86. The third-order valence-electron chi connectivity index (χ3n) is 5.33. The van der Waals surface area contributed by atoms with Crippen LogP contribution in [0.25, 0.3) is 22.4 Å². The number of nitrogens with zero attached hydrogens (tertiary/aromatic N) is 1. The molecule has 0 bridgehead atoms. The quantitative estimate of drug-likeness (QED) is 0.742. The molecule has 1 fully saturated rings. The first kappa shape index (κ1) is 16.8. The van der Waals surface area contributed by atoms with Crippen LogP contribution in [-0.4, -0.2) is 36.6 Å². The van der Waals surface area contributed by atoms with Crippen LogP contribution < -0.4 is 10.2 Å². The number of fused-ring (bicyclic) bond motifs is 1. The normalized spacial score (nSPS) is 19.7. The van der Waals surface area contributed by atoms with Gasteiger partial charge in [-0.25, -0.2) is 4.98 Å². The summed E-state index contributed by atoms with van der Waals surface area (Å²) in [4.78, 5) is 19.2. The van der Waals surface area contributed by atoms with Crippen molar-refractivity contribution in [3.8, 4) is 11.5 Å². The number of carbonyl (C=O) groups is 1. The number of likely N-dealkylation sites (tertiary alicyclic amines) is 1. The Morgan fingerprint density at radius 2 is 2.19 bits per heavy atom. The van der Waals surface area contributed by atoms with E-state index < -0.39 is 0 Å². The molecule has 26 heavy (non-hydrogen) atoms. The van der Waals surface area contributed by atoms with E-state index in [-0.39, 0.29) is 5.91 Å². The summed E-state index contributed by atoms with van der Waals surface area (Å²) in [6, 6.07) is 13.8. The average Bonchev–Trinajstić information content (AvgIpc) is 3.36. The first-order valence-electron chi connectivity index (χ1n) is 9.32. The molecule has 5 nitrogen and oxygen atoms in total. The zero-order valence-electron chi connectivity index (χ0n) is 15.0. The van der Waals surface area contributed by atoms with Gasteiger partial charge in [-0.3, -0.25) is 4.79 Å². The predicted octanol–water partition coefficient (Wildman–Crippen LogP) is 2.29. The highest BCUT2D eigenvalue weighted by molar-refractivity contribution is 6.07. The molecule has 0 spiro atoms. The van der Waals surface area contributed by atoms with Crippen LogP contribution in [0, 0.1) is 0 Å². The first-order valence-corrected chi connectivity index (χ1v) is 9.32.